The van der Waals surface area contributed by atoms with Gasteiger partial charge in [-0.15, -0.1) is 11.3 Å². The number of amides is 3. The van der Waals surface area contributed by atoms with Gasteiger partial charge in [-0.2, -0.15) is 0 Å². The second-order valence-electron chi connectivity index (χ2n) is 5.66. The second-order valence-corrected chi connectivity index (χ2v) is 7.59. The molecule has 0 aliphatic heterocycles. The highest BCUT2D eigenvalue weighted by atomic mass is 35.5. The Labute approximate surface area is 174 Å². The maximum absolute atomic E-state index is 12.4. The lowest BCUT2D eigenvalue weighted by Gasteiger charge is -2.06. The third kappa shape index (κ3) is 5.19. The van der Waals surface area contributed by atoms with E-state index in [0.717, 1.165) is 10.4 Å². The summed E-state index contributed by atoms with van der Waals surface area (Å²) in [6, 6.07) is 9.72. The molecule has 2 heterocycles. The number of hydrogen-bond donors (Lipinski definition) is 3. The first-order valence-corrected chi connectivity index (χ1v) is 9.71. The van der Waals surface area contributed by atoms with E-state index < -0.39 is 6.03 Å². The van der Waals surface area contributed by atoms with Gasteiger partial charge in [0.15, 0.2) is 0 Å². The van der Waals surface area contributed by atoms with Crippen molar-refractivity contribution >= 4 is 52.4 Å². The summed E-state index contributed by atoms with van der Waals surface area (Å²) in [6.45, 7) is 0.438. The molecule has 3 aromatic rings. The summed E-state index contributed by atoms with van der Waals surface area (Å²) in [5.74, 6) is -0.0879. The molecule has 0 bridgehead atoms. The Kier molecular flexibility index (Phi) is 6.45. The van der Waals surface area contributed by atoms with E-state index in [-0.39, 0.29) is 11.9 Å². The van der Waals surface area contributed by atoms with E-state index in [1.54, 1.807) is 30.3 Å². The summed E-state index contributed by atoms with van der Waals surface area (Å²) in [7, 11) is 0. The van der Waals surface area contributed by atoms with Crippen molar-refractivity contribution < 1.29 is 9.59 Å². The summed E-state index contributed by atoms with van der Waals surface area (Å²) in [5, 5.41) is 6.33. The molecule has 0 aliphatic carbocycles. The van der Waals surface area contributed by atoms with E-state index in [1.807, 2.05) is 6.07 Å². The Morgan fingerprint density at radius 2 is 1.96 bits per heavy atom. The van der Waals surface area contributed by atoms with Gasteiger partial charge in [0.25, 0.3) is 5.91 Å². The Morgan fingerprint density at radius 3 is 2.71 bits per heavy atom. The molecule has 0 spiro atoms. The number of nitrogens with zero attached hydrogens (tertiary/aromatic N) is 2. The van der Waals surface area contributed by atoms with Crippen molar-refractivity contribution in [2.75, 3.05) is 11.9 Å². The molecule has 10 heteroatoms. The molecule has 0 saturated heterocycles. The number of anilines is 1. The van der Waals surface area contributed by atoms with Crippen molar-refractivity contribution in [1.82, 2.24) is 15.3 Å². The summed E-state index contributed by atoms with van der Waals surface area (Å²) < 4.78 is 0. The minimum absolute atomic E-state index is 0.101. The molecule has 3 rings (SSSR count). The highest BCUT2D eigenvalue weighted by Crippen LogP contribution is 2.27. The van der Waals surface area contributed by atoms with E-state index in [2.05, 4.69) is 20.6 Å². The molecule has 3 amide bonds. The van der Waals surface area contributed by atoms with Crippen LogP contribution in [0.2, 0.25) is 10.0 Å². The Balaban J connectivity index is 1.61. The number of urea groups is 1. The van der Waals surface area contributed by atoms with Crippen molar-refractivity contribution in [2.45, 2.75) is 6.42 Å². The molecule has 0 atom stereocenters. The lowest BCUT2D eigenvalue weighted by molar-refractivity contribution is 0.0958. The van der Waals surface area contributed by atoms with Crippen LogP contribution in [0.5, 0.6) is 0 Å². The number of carbonyl (C=O) groups excluding carboxylic acids is 2. The van der Waals surface area contributed by atoms with Crippen molar-refractivity contribution in [1.29, 1.82) is 0 Å². The minimum Gasteiger partial charge on any atom is -0.351 e. The van der Waals surface area contributed by atoms with Gasteiger partial charge in [-0.1, -0.05) is 29.3 Å². The zero-order valence-electron chi connectivity index (χ0n) is 14.4. The smallest absolute Gasteiger partial charge is 0.319 e. The number of thiophene rings is 1. The summed E-state index contributed by atoms with van der Waals surface area (Å²) >= 11 is 13.3. The van der Waals surface area contributed by atoms with Crippen LogP contribution in [0.25, 0.3) is 10.6 Å². The third-order valence-corrected chi connectivity index (χ3v) is 5.36. The van der Waals surface area contributed by atoms with Crippen LogP contribution in [0, 0.1) is 0 Å². The lowest BCUT2D eigenvalue weighted by atomic mass is 10.1. The number of rotatable bonds is 6. The van der Waals surface area contributed by atoms with E-state index in [1.165, 1.54) is 17.5 Å². The number of benzene rings is 1. The molecule has 0 unspecified atom stereocenters. The number of halogens is 2. The van der Waals surface area contributed by atoms with Gasteiger partial charge >= 0.3 is 6.03 Å². The van der Waals surface area contributed by atoms with Crippen molar-refractivity contribution in [3.8, 4) is 10.6 Å². The Morgan fingerprint density at radius 1 is 1.14 bits per heavy atom. The maximum atomic E-state index is 12.4. The van der Waals surface area contributed by atoms with Gasteiger partial charge < -0.3 is 11.1 Å². The van der Waals surface area contributed by atoms with E-state index in [0.29, 0.717) is 33.6 Å². The summed E-state index contributed by atoms with van der Waals surface area (Å²) in [4.78, 5) is 32.7. The predicted octanol–water partition coefficient (Wildman–Crippen LogP) is 3.98. The van der Waals surface area contributed by atoms with Crippen LogP contribution in [-0.4, -0.2) is 28.5 Å². The molecule has 28 heavy (non-hydrogen) atoms. The molecular formula is C18H15Cl2N5O2S. The monoisotopic (exact) mass is 435 g/mol. The van der Waals surface area contributed by atoms with Crippen LogP contribution < -0.4 is 16.4 Å². The average Bonchev–Trinajstić information content (AvgIpc) is 3.13. The molecule has 0 fully saturated rings. The minimum atomic E-state index is -0.746. The number of nitrogens with two attached hydrogens (primary N) is 1. The SMILES string of the molecule is NC(=O)Nc1nccc(-c2ccc(C(=O)NCCc3ccc(Cl)cc3Cl)s2)n1. The second kappa shape index (κ2) is 9.01. The van der Waals surface area contributed by atoms with E-state index in [4.69, 9.17) is 28.9 Å². The van der Waals surface area contributed by atoms with Crippen molar-refractivity contribution in [3.05, 3.63) is 63.1 Å². The normalized spacial score (nSPS) is 10.5. The van der Waals surface area contributed by atoms with Crippen LogP contribution in [0.15, 0.2) is 42.6 Å². The van der Waals surface area contributed by atoms with Crippen LogP contribution >= 0.6 is 34.5 Å². The quantitative estimate of drug-likeness (QED) is 0.543. The predicted molar refractivity (Wildman–Crippen MR) is 111 cm³/mol. The zero-order valence-corrected chi connectivity index (χ0v) is 16.7. The van der Waals surface area contributed by atoms with Crippen molar-refractivity contribution in [3.63, 3.8) is 0 Å². The largest absolute Gasteiger partial charge is 0.351 e. The van der Waals surface area contributed by atoms with Gasteiger partial charge in [-0.25, -0.2) is 14.8 Å². The van der Waals surface area contributed by atoms with Crippen LogP contribution in [0.3, 0.4) is 0 Å². The van der Waals surface area contributed by atoms with Crippen LogP contribution in [0.4, 0.5) is 10.7 Å². The fraction of sp³-hybridized carbons (Fsp3) is 0.111. The average molecular weight is 436 g/mol. The van der Waals surface area contributed by atoms with Crippen LogP contribution in [0.1, 0.15) is 15.2 Å². The van der Waals surface area contributed by atoms with Gasteiger partial charge in [-0.3, -0.25) is 10.1 Å². The summed E-state index contributed by atoms with van der Waals surface area (Å²) in [5.41, 5.74) is 6.56. The molecule has 4 N–H and O–H groups in total. The first-order valence-electron chi connectivity index (χ1n) is 8.14. The number of nitrogens with one attached hydrogen (secondary N) is 2. The molecule has 144 valence electrons. The van der Waals surface area contributed by atoms with E-state index in [9.17, 15) is 9.59 Å². The molecule has 1 aromatic carbocycles. The highest BCUT2D eigenvalue weighted by Gasteiger charge is 2.12. The highest BCUT2D eigenvalue weighted by molar-refractivity contribution is 7.17. The van der Waals surface area contributed by atoms with Gasteiger partial charge in [0, 0.05) is 22.8 Å². The van der Waals surface area contributed by atoms with Crippen molar-refractivity contribution in [2.24, 2.45) is 5.73 Å². The first-order chi connectivity index (χ1) is 13.4. The first kappa shape index (κ1) is 20.1. The summed E-state index contributed by atoms with van der Waals surface area (Å²) in [6.07, 6.45) is 2.09. The molecule has 0 saturated carbocycles. The van der Waals surface area contributed by atoms with Crippen LogP contribution in [-0.2, 0) is 6.42 Å². The molecular weight excluding hydrogens is 421 g/mol. The Hall–Kier alpha value is -2.68. The Bertz CT molecular complexity index is 1020. The third-order valence-electron chi connectivity index (χ3n) is 3.67. The fourth-order valence-electron chi connectivity index (χ4n) is 2.39. The molecule has 2 aromatic heterocycles. The standard InChI is InChI=1S/C18H15Cl2N5O2S/c19-11-2-1-10(12(20)9-11)5-7-22-16(26)15-4-3-14(28-15)13-6-8-23-18(24-13)25-17(21)27/h1-4,6,8-9H,5,7H2,(H,22,26)(H3,21,23,24,25,27). The topological polar surface area (TPSA) is 110 Å². The maximum Gasteiger partial charge on any atom is 0.319 e. The van der Waals surface area contributed by atoms with Gasteiger partial charge in [0.05, 0.1) is 15.4 Å². The van der Waals surface area contributed by atoms with E-state index >= 15 is 0 Å². The number of primary amides is 1. The zero-order chi connectivity index (χ0) is 20.1. The fourth-order valence-corrected chi connectivity index (χ4v) is 3.78. The van der Waals surface area contributed by atoms with Gasteiger partial charge in [0.1, 0.15) is 0 Å². The van der Waals surface area contributed by atoms with Gasteiger partial charge in [-0.05, 0) is 42.3 Å². The molecule has 0 radical (unpaired) electrons. The number of carbonyl (C=O) groups is 2. The lowest BCUT2D eigenvalue weighted by Crippen LogP contribution is -2.24. The number of aromatic nitrogens is 2. The van der Waals surface area contributed by atoms with Gasteiger partial charge in [0.2, 0.25) is 5.95 Å². The molecule has 7 nitrogen and oxygen atoms in total. The molecule has 0 aliphatic rings. The number of hydrogen-bond acceptors (Lipinski definition) is 5.